The maximum atomic E-state index is 12.7. The molecule has 0 bridgehead atoms. The number of hydrogen-bond donors (Lipinski definition) is 2. The molecule has 0 saturated heterocycles. The van der Waals surface area contributed by atoms with Crippen LogP contribution in [0.4, 0.5) is 19.0 Å². The van der Waals surface area contributed by atoms with E-state index >= 15 is 0 Å². The zero-order valence-electron chi connectivity index (χ0n) is 8.52. The summed E-state index contributed by atoms with van der Waals surface area (Å²) < 4.78 is 38.2. The van der Waals surface area contributed by atoms with Crippen molar-refractivity contribution in [1.82, 2.24) is 10.2 Å². The Balaban J connectivity index is 2.75. The number of nitrogens with two attached hydrogens (primary N) is 1. The molecule has 0 aliphatic carbocycles. The molecule has 16 heavy (non-hydrogen) atoms. The summed E-state index contributed by atoms with van der Waals surface area (Å²) >= 11 is 0. The number of benzene rings is 1. The smallest absolute Gasteiger partial charge is 0.382 e. The van der Waals surface area contributed by atoms with Gasteiger partial charge in [-0.25, -0.2) is 0 Å². The van der Waals surface area contributed by atoms with Gasteiger partial charge in [-0.1, -0.05) is 6.92 Å². The van der Waals surface area contributed by atoms with Gasteiger partial charge in [0.2, 0.25) is 0 Å². The van der Waals surface area contributed by atoms with Crippen molar-refractivity contribution in [2.24, 2.45) is 0 Å². The van der Waals surface area contributed by atoms with Crippen molar-refractivity contribution in [3.8, 4) is 0 Å². The Morgan fingerprint density at radius 1 is 1.38 bits per heavy atom. The number of fused-ring (bicyclic) bond motifs is 1. The third-order valence-electron chi connectivity index (χ3n) is 2.50. The van der Waals surface area contributed by atoms with E-state index in [0.717, 1.165) is 6.07 Å². The van der Waals surface area contributed by atoms with E-state index in [1.165, 1.54) is 6.07 Å². The number of nitrogens with one attached hydrogen (secondary N) is 1. The predicted molar refractivity (Wildman–Crippen MR) is 54.9 cm³/mol. The van der Waals surface area contributed by atoms with Crippen molar-refractivity contribution in [2.45, 2.75) is 19.5 Å². The summed E-state index contributed by atoms with van der Waals surface area (Å²) in [5, 5.41) is 6.59. The van der Waals surface area contributed by atoms with Crippen LogP contribution in [0.3, 0.4) is 0 Å². The van der Waals surface area contributed by atoms with Gasteiger partial charge in [-0.3, -0.25) is 5.10 Å². The summed E-state index contributed by atoms with van der Waals surface area (Å²) in [5.41, 5.74) is 5.60. The van der Waals surface area contributed by atoms with Gasteiger partial charge < -0.3 is 5.73 Å². The zero-order chi connectivity index (χ0) is 11.9. The first-order valence-electron chi connectivity index (χ1n) is 4.77. The number of hydrogen-bond acceptors (Lipinski definition) is 2. The Morgan fingerprint density at radius 3 is 2.62 bits per heavy atom. The molecule has 6 heteroatoms. The second-order valence-corrected chi connectivity index (χ2v) is 3.52. The zero-order valence-corrected chi connectivity index (χ0v) is 8.52. The van der Waals surface area contributed by atoms with E-state index in [1.54, 1.807) is 6.92 Å². The van der Waals surface area contributed by atoms with Crippen LogP contribution >= 0.6 is 0 Å². The minimum Gasteiger partial charge on any atom is -0.382 e. The topological polar surface area (TPSA) is 54.7 Å². The van der Waals surface area contributed by atoms with Crippen LogP contribution < -0.4 is 5.73 Å². The second kappa shape index (κ2) is 3.40. The lowest BCUT2D eigenvalue weighted by Crippen LogP contribution is -2.08. The number of anilines is 1. The Morgan fingerprint density at radius 2 is 2.06 bits per heavy atom. The summed E-state index contributed by atoms with van der Waals surface area (Å²) in [7, 11) is 0. The number of nitrogen functional groups attached to an aromatic ring is 1. The van der Waals surface area contributed by atoms with Crippen molar-refractivity contribution in [2.75, 3.05) is 5.73 Å². The van der Waals surface area contributed by atoms with Crippen LogP contribution in [0.1, 0.15) is 18.1 Å². The number of nitrogens with zero attached hydrogens (tertiary/aromatic N) is 1. The van der Waals surface area contributed by atoms with Crippen LogP contribution in [0, 0.1) is 0 Å². The van der Waals surface area contributed by atoms with Crippen LogP contribution in [-0.4, -0.2) is 10.2 Å². The first-order chi connectivity index (χ1) is 7.43. The molecule has 0 radical (unpaired) electrons. The molecule has 1 heterocycles. The molecule has 0 aliphatic rings. The first kappa shape index (κ1) is 10.8. The maximum absolute atomic E-state index is 12.7. The van der Waals surface area contributed by atoms with E-state index in [0.29, 0.717) is 17.3 Å². The minimum atomic E-state index is -4.36. The standard InChI is InChI=1S/C10H10F3N3/c1-2-5-3-8-6(9(14)16-15-8)4-7(5)10(11,12)13/h3-4H,2H2,1H3,(H3,14,15,16). The molecule has 1 aromatic carbocycles. The Hall–Kier alpha value is -1.72. The summed E-state index contributed by atoms with van der Waals surface area (Å²) in [5.74, 6) is 0.0863. The fraction of sp³-hybridized carbons (Fsp3) is 0.300. The van der Waals surface area contributed by atoms with Crippen LogP contribution in [0.2, 0.25) is 0 Å². The lowest BCUT2D eigenvalue weighted by Gasteiger charge is -2.11. The van der Waals surface area contributed by atoms with Gasteiger partial charge >= 0.3 is 6.18 Å². The number of rotatable bonds is 1. The van der Waals surface area contributed by atoms with Crippen molar-refractivity contribution in [3.05, 3.63) is 23.3 Å². The van der Waals surface area contributed by atoms with E-state index in [-0.39, 0.29) is 11.4 Å². The number of H-pyrrole nitrogens is 1. The van der Waals surface area contributed by atoms with Gasteiger partial charge in [-0.2, -0.15) is 18.3 Å². The molecule has 0 aliphatic heterocycles. The highest BCUT2D eigenvalue weighted by Gasteiger charge is 2.33. The van der Waals surface area contributed by atoms with E-state index in [2.05, 4.69) is 10.2 Å². The molecule has 2 rings (SSSR count). The molecule has 86 valence electrons. The molecule has 3 nitrogen and oxygen atoms in total. The fourth-order valence-electron chi connectivity index (χ4n) is 1.69. The Kier molecular flexibility index (Phi) is 2.29. The number of halogens is 3. The Labute approximate surface area is 89.4 Å². The largest absolute Gasteiger partial charge is 0.416 e. The number of alkyl halides is 3. The third kappa shape index (κ3) is 1.60. The summed E-state index contributed by atoms with van der Waals surface area (Å²) in [4.78, 5) is 0. The normalized spacial score (nSPS) is 12.2. The lowest BCUT2D eigenvalue weighted by atomic mass is 10.0. The molecule has 0 fully saturated rings. The average Bonchev–Trinajstić information content (AvgIpc) is 2.57. The highest BCUT2D eigenvalue weighted by atomic mass is 19.4. The van der Waals surface area contributed by atoms with Crippen LogP contribution in [0.15, 0.2) is 12.1 Å². The highest BCUT2D eigenvalue weighted by Crippen LogP contribution is 2.35. The van der Waals surface area contributed by atoms with E-state index < -0.39 is 11.7 Å². The van der Waals surface area contributed by atoms with Gasteiger partial charge in [0, 0.05) is 5.39 Å². The summed E-state index contributed by atoms with van der Waals surface area (Å²) in [6.45, 7) is 1.68. The molecule has 3 N–H and O–H groups in total. The molecule has 0 atom stereocenters. The Bertz CT molecular complexity index is 528. The molecule has 0 saturated carbocycles. The molecule has 0 spiro atoms. The lowest BCUT2D eigenvalue weighted by molar-refractivity contribution is -0.138. The number of aromatic nitrogens is 2. The predicted octanol–water partition coefficient (Wildman–Crippen LogP) is 2.73. The van der Waals surface area contributed by atoms with Gasteiger partial charge in [0.25, 0.3) is 0 Å². The average molecular weight is 229 g/mol. The molecule has 1 aromatic heterocycles. The SMILES string of the molecule is CCc1cc2[nH]nc(N)c2cc1C(F)(F)F. The highest BCUT2D eigenvalue weighted by molar-refractivity contribution is 5.89. The van der Waals surface area contributed by atoms with Gasteiger partial charge in [0.1, 0.15) is 0 Å². The van der Waals surface area contributed by atoms with Crippen molar-refractivity contribution >= 4 is 16.7 Å². The number of aryl methyl sites for hydroxylation is 1. The van der Waals surface area contributed by atoms with Gasteiger partial charge in [0.15, 0.2) is 5.82 Å². The van der Waals surface area contributed by atoms with Crippen molar-refractivity contribution in [3.63, 3.8) is 0 Å². The summed E-state index contributed by atoms with van der Waals surface area (Å²) in [6, 6.07) is 2.49. The van der Waals surface area contributed by atoms with Crippen molar-refractivity contribution < 1.29 is 13.2 Å². The van der Waals surface area contributed by atoms with Crippen LogP contribution in [0.5, 0.6) is 0 Å². The van der Waals surface area contributed by atoms with E-state index in [9.17, 15) is 13.2 Å². The maximum Gasteiger partial charge on any atom is 0.416 e. The van der Waals surface area contributed by atoms with Crippen LogP contribution in [-0.2, 0) is 12.6 Å². The quantitative estimate of drug-likeness (QED) is 0.789. The van der Waals surface area contributed by atoms with E-state index in [1.807, 2.05) is 0 Å². The van der Waals surface area contributed by atoms with E-state index in [4.69, 9.17) is 5.73 Å². The first-order valence-corrected chi connectivity index (χ1v) is 4.77. The van der Waals surface area contributed by atoms with Gasteiger partial charge in [-0.05, 0) is 24.1 Å². The van der Waals surface area contributed by atoms with Gasteiger partial charge in [0.05, 0.1) is 11.1 Å². The van der Waals surface area contributed by atoms with Gasteiger partial charge in [-0.15, -0.1) is 0 Å². The monoisotopic (exact) mass is 229 g/mol. The fourth-order valence-corrected chi connectivity index (χ4v) is 1.69. The third-order valence-corrected chi connectivity index (χ3v) is 2.50. The number of aromatic amines is 1. The molecular formula is C10H10F3N3. The summed E-state index contributed by atoms with van der Waals surface area (Å²) in [6.07, 6.45) is -4.05. The molecular weight excluding hydrogens is 219 g/mol. The molecule has 0 unspecified atom stereocenters. The minimum absolute atomic E-state index is 0.0863. The van der Waals surface area contributed by atoms with Crippen LogP contribution in [0.25, 0.3) is 10.9 Å². The molecule has 0 amide bonds. The molecule has 2 aromatic rings. The van der Waals surface area contributed by atoms with Crippen molar-refractivity contribution in [1.29, 1.82) is 0 Å². The second-order valence-electron chi connectivity index (χ2n) is 3.52.